The van der Waals surface area contributed by atoms with Crippen molar-refractivity contribution in [3.8, 4) is 5.75 Å². The van der Waals surface area contributed by atoms with Crippen molar-refractivity contribution in [3.05, 3.63) is 23.8 Å². The van der Waals surface area contributed by atoms with Crippen LogP contribution in [0.2, 0.25) is 0 Å². The number of nitrogens with one attached hydrogen (secondary N) is 1. The minimum atomic E-state index is -3.54. The molecule has 2 aliphatic rings. The highest BCUT2D eigenvalue weighted by molar-refractivity contribution is 7.92. The van der Waals surface area contributed by atoms with Crippen molar-refractivity contribution in [1.82, 2.24) is 5.32 Å². The number of rotatable bonds is 4. The van der Waals surface area contributed by atoms with E-state index in [0.29, 0.717) is 11.4 Å². The average Bonchev–Trinajstić information content (AvgIpc) is 2.53. The summed E-state index contributed by atoms with van der Waals surface area (Å²) in [6.07, 6.45) is 3.63. The smallest absolute Gasteiger partial charge is 0.241 e. The molecule has 8 heteroatoms. The Bertz CT molecular complexity index is 699. The Morgan fingerprint density at radius 3 is 2.70 bits per heavy atom. The monoisotopic (exact) mass is 339 g/mol. The van der Waals surface area contributed by atoms with E-state index < -0.39 is 16.4 Å². The molecule has 1 fully saturated rings. The van der Waals surface area contributed by atoms with Crippen molar-refractivity contribution in [3.63, 3.8) is 0 Å². The van der Waals surface area contributed by atoms with E-state index in [1.54, 1.807) is 31.5 Å². The van der Waals surface area contributed by atoms with Gasteiger partial charge < -0.3 is 14.8 Å². The van der Waals surface area contributed by atoms with Crippen LogP contribution in [-0.4, -0.2) is 53.5 Å². The van der Waals surface area contributed by atoms with Crippen LogP contribution in [0.1, 0.15) is 18.4 Å². The molecule has 0 spiro atoms. The molecule has 23 heavy (non-hydrogen) atoms. The molecule has 1 saturated heterocycles. The largest absolute Gasteiger partial charge is 0.497 e. The third kappa shape index (κ3) is 3.49. The number of anilines is 1. The molecular formula is C15H21N3O4S. The number of sulfonamides is 1. The lowest BCUT2D eigenvalue weighted by molar-refractivity contribution is -0.0158. The Kier molecular flexibility index (Phi) is 4.56. The average molecular weight is 339 g/mol. The van der Waals surface area contributed by atoms with Gasteiger partial charge in [0.2, 0.25) is 16.4 Å². The van der Waals surface area contributed by atoms with Crippen LogP contribution in [0.4, 0.5) is 5.69 Å². The fourth-order valence-corrected chi connectivity index (χ4v) is 3.76. The van der Waals surface area contributed by atoms with Gasteiger partial charge in [-0.3, -0.25) is 0 Å². The van der Waals surface area contributed by atoms with Gasteiger partial charge in [-0.05, 0) is 38.1 Å². The van der Waals surface area contributed by atoms with E-state index in [1.807, 2.05) is 0 Å². The lowest BCUT2D eigenvalue weighted by Crippen LogP contribution is -2.46. The van der Waals surface area contributed by atoms with Crippen LogP contribution < -0.4 is 14.4 Å². The number of fused-ring (bicyclic) bond motifs is 1. The summed E-state index contributed by atoms with van der Waals surface area (Å²) < 4.78 is 37.0. The Hall–Kier alpha value is -1.64. The molecule has 1 aromatic carbocycles. The van der Waals surface area contributed by atoms with E-state index in [4.69, 9.17) is 9.47 Å². The normalized spacial score (nSPS) is 22.0. The van der Waals surface area contributed by atoms with E-state index in [9.17, 15) is 8.42 Å². The zero-order valence-electron chi connectivity index (χ0n) is 13.2. The number of piperidine rings is 1. The van der Waals surface area contributed by atoms with Gasteiger partial charge >= 0.3 is 0 Å². The lowest BCUT2D eigenvalue weighted by atomic mass is 10.1. The molecule has 2 heterocycles. The van der Waals surface area contributed by atoms with Gasteiger partial charge in [0.15, 0.2) is 0 Å². The molecule has 0 radical (unpaired) electrons. The standard InChI is InChI=1S/C15H21N3O4S/c1-21-13-4-3-11-10-17-15(22-12-5-7-16-8-6-12)18(14(11)9-13)23(2,19)20/h3-4,9-10,12,15-16H,5-8H2,1-2H3. The fraction of sp³-hybridized carbons (Fsp3) is 0.533. The third-order valence-corrected chi connectivity index (χ3v) is 5.07. The molecule has 7 nitrogen and oxygen atoms in total. The molecule has 0 aromatic heterocycles. The van der Waals surface area contributed by atoms with Gasteiger partial charge in [-0.15, -0.1) is 0 Å². The molecule has 1 aromatic rings. The number of ether oxygens (including phenoxy) is 2. The van der Waals surface area contributed by atoms with Crippen LogP contribution in [0, 0.1) is 0 Å². The van der Waals surface area contributed by atoms with Crippen LogP contribution in [0.3, 0.4) is 0 Å². The minimum Gasteiger partial charge on any atom is -0.497 e. The molecular weight excluding hydrogens is 318 g/mol. The van der Waals surface area contributed by atoms with E-state index in [-0.39, 0.29) is 6.10 Å². The zero-order chi connectivity index (χ0) is 16.4. The van der Waals surface area contributed by atoms with Gasteiger partial charge in [-0.1, -0.05) is 0 Å². The van der Waals surface area contributed by atoms with E-state index in [2.05, 4.69) is 10.3 Å². The van der Waals surface area contributed by atoms with E-state index in [1.165, 1.54) is 4.31 Å². The molecule has 3 rings (SSSR count). The topological polar surface area (TPSA) is 80.2 Å². The molecule has 0 aliphatic carbocycles. The van der Waals surface area contributed by atoms with Crippen molar-refractivity contribution in [2.24, 2.45) is 4.99 Å². The molecule has 0 saturated carbocycles. The maximum absolute atomic E-state index is 12.3. The second-order valence-electron chi connectivity index (χ2n) is 5.67. The molecule has 1 N–H and O–H groups in total. The molecule has 0 bridgehead atoms. The Morgan fingerprint density at radius 2 is 2.04 bits per heavy atom. The highest BCUT2D eigenvalue weighted by Gasteiger charge is 2.34. The van der Waals surface area contributed by atoms with Gasteiger partial charge in [0, 0.05) is 17.8 Å². The van der Waals surface area contributed by atoms with E-state index >= 15 is 0 Å². The molecule has 1 unspecified atom stereocenters. The van der Waals surface area contributed by atoms with Crippen LogP contribution in [-0.2, 0) is 14.8 Å². The number of aliphatic imine (C=N–C) groups is 1. The van der Waals surface area contributed by atoms with E-state index in [0.717, 1.165) is 37.8 Å². The molecule has 1 atom stereocenters. The number of methoxy groups -OCH3 is 1. The first-order chi connectivity index (χ1) is 11.0. The predicted octanol–water partition coefficient (Wildman–Crippen LogP) is 0.946. The predicted molar refractivity (Wildman–Crippen MR) is 88.7 cm³/mol. The first kappa shape index (κ1) is 16.2. The van der Waals surface area contributed by atoms with Gasteiger partial charge in [0.25, 0.3) is 0 Å². The Labute approximate surface area is 136 Å². The second kappa shape index (κ2) is 6.46. The summed E-state index contributed by atoms with van der Waals surface area (Å²) in [5, 5.41) is 3.26. The van der Waals surface area contributed by atoms with Gasteiger partial charge in [0.1, 0.15) is 5.75 Å². The SMILES string of the molecule is COc1ccc2c(c1)N(S(C)(=O)=O)C(OC1CCNCC1)N=C2. The summed E-state index contributed by atoms with van der Waals surface area (Å²) in [6.45, 7) is 1.73. The fourth-order valence-electron chi connectivity index (χ4n) is 2.81. The van der Waals surface area contributed by atoms with Crippen LogP contribution >= 0.6 is 0 Å². The van der Waals surface area contributed by atoms with Crippen LogP contribution in [0.25, 0.3) is 0 Å². The summed E-state index contributed by atoms with van der Waals surface area (Å²) in [5.41, 5.74) is 1.25. The van der Waals surface area contributed by atoms with Crippen LogP contribution in [0.15, 0.2) is 23.2 Å². The van der Waals surface area contributed by atoms with Crippen LogP contribution in [0.5, 0.6) is 5.75 Å². The Morgan fingerprint density at radius 1 is 1.30 bits per heavy atom. The molecule has 2 aliphatic heterocycles. The number of hydrogen-bond acceptors (Lipinski definition) is 6. The van der Waals surface area contributed by atoms with Crippen molar-refractivity contribution in [2.45, 2.75) is 25.3 Å². The quantitative estimate of drug-likeness (QED) is 0.883. The first-order valence-electron chi connectivity index (χ1n) is 7.56. The van der Waals surface area contributed by atoms with Gasteiger partial charge in [-0.2, -0.15) is 0 Å². The second-order valence-corrected chi connectivity index (χ2v) is 7.53. The van der Waals surface area contributed by atoms with Crippen molar-refractivity contribution in [1.29, 1.82) is 0 Å². The lowest BCUT2D eigenvalue weighted by Gasteiger charge is -2.35. The Balaban J connectivity index is 1.94. The summed E-state index contributed by atoms with van der Waals surface area (Å²) in [5.74, 6) is 0.591. The minimum absolute atomic E-state index is 0.00481. The first-order valence-corrected chi connectivity index (χ1v) is 9.40. The summed E-state index contributed by atoms with van der Waals surface area (Å²) in [6, 6.07) is 5.26. The number of hydrogen-bond donors (Lipinski definition) is 1. The molecule has 0 amide bonds. The maximum Gasteiger partial charge on any atom is 0.241 e. The highest BCUT2D eigenvalue weighted by Crippen LogP contribution is 2.33. The van der Waals surface area contributed by atoms with Crippen molar-refractivity contribution in [2.75, 3.05) is 30.8 Å². The maximum atomic E-state index is 12.3. The number of benzene rings is 1. The highest BCUT2D eigenvalue weighted by atomic mass is 32.2. The van der Waals surface area contributed by atoms with Gasteiger partial charge in [0.05, 0.1) is 25.2 Å². The summed E-state index contributed by atoms with van der Waals surface area (Å²) in [4.78, 5) is 4.31. The van der Waals surface area contributed by atoms with Crippen molar-refractivity contribution < 1.29 is 17.9 Å². The van der Waals surface area contributed by atoms with Crippen molar-refractivity contribution >= 4 is 21.9 Å². The zero-order valence-corrected chi connectivity index (χ0v) is 14.0. The van der Waals surface area contributed by atoms with Gasteiger partial charge in [-0.25, -0.2) is 17.7 Å². The summed E-state index contributed by atoms with van der Waals surface area (Å²) >= 11 is 0. The molecule has 126 valence electrons. The third-order valence-electron chi connectivity index (χ3n) is 3.97. The number of nitrogens with zero attached hydrogens (tertiary/aromatic N) is 2. The summed E-state index contributed by atoms with van der Waals surface area (Å²) in [7, 11) is -1.99.